The Hall–Kier alpha value is -2.26. The van der Waals surface area contributed by atoms with Crippen molar-refractivity contribution in [3.63, 3.8) is 0 Å². The largest absolute Gasteiger partial charge is 0.422 e. The highest BCUT2D eigenvalue weighted by molar-refractivity contribution is 6.36. The molecule has 5 heteroatoms. The monoisotopic (exact) mass is 400 g/mol. The van der Waals surface area contributed by atoms with Crippen molar-refractivity contribution in [1.29, 1.82) is 0 Å². The number of hydrogen-bond acceptors (Lipinski definition) is 2. The first-order valence-electron chi connectivity index (χ1n) is 7.82. The zero-order valence-electron chi connectivity index (χ0n) is 13.3. The summed E-state index contributed by atoms with van der Waals surface area (Å²) in [5.41, 5.74) is 2.53. The molecule has 128 valence electrons. The SMILES string of the molecule is O=c1oc2ccc(Cl)cc2c(-c2ccccc2)c1-c1ccc(Cl)cc1Cl. The van der Waals surface area contributed by atoms with Crippen molar-refractivity contribution in [2.75, 3.05) is 0 Å². The van der Waals surface area contributed by atoms with E-state index in [1.165, 1.54) is 0 Å². The minimum absolute atomic E-state index is 0.378. The highest BCUT2D eigenvalue weighted by atomic mass is 35.5. The van der Waals surface area contributed by atoms with Crippen LogP contribution in [-0.2, 0) is 0 Å². The van der Waals surface area contributed by atoms with Crippen LogP contribution in [0.1, 0.15) is 0 Å². The molecule has 0 saturated heterocycles. The third-order valence-electron chi connectivity index (χ3n) is 4.13. The molecule has 0 unspecified atom stereocenters. The van der Waals surface area contributed by atoms with Gasteiger partial charge in [0.05, 0.1) is 10.6 Å². The van der Waals surface area contributed by atoms with E-state index >= 15 is 0 Å². The van der Waals surface area contributed by atoms with Gasteiger partial charge < -0.3 is 4.42 Å². The van der Waals surface area contributed by atoms with E-state index in [2.05, 4.69) is 0 Å². The van der Waals surface area contributed by atoms with Crippen LogP contribution < -0.4 is 5.63 Å². The first-order chi connectivity index (χ1) is 12.5. The summed E-state index contributed by atoms with van der Waals surface area (Å²) in [5, 5.41) is 2.16. The molecule has 0 aliphatic heterocycles. The van der Waals surface area contributed by atoms with E-state index in [4.69, 9.17) is 39.2 Å². The Balaban J connectivity index is 2.19. The number of hydrogen-bond donors (Lipinski definition) is 0. The maximum atomic E-state index is 12.9. The van der Waals surface area contributed by atoms with E-state index in [9.17, 15) is 4.79 Å². The molecule has 1 heterocycles. The molecule has 0 atom stereocenters. The molecule has 0 radical (unpaired) electrons. The van der Waals surface area contributed by atoms with Crippen molar-refractivity contribution in [3.8, 4) is 22.3 Å². The Morgan fingerprint density at radius 1 is 0.731 bits per heavy atom. The van der Waals surface area contributed by atoms with Gasteiger partial charge in [0.25, 0.3) is 0 Å². The fourth-order valence-electron chi connectivity index (χ4n) is 3.02. The van der Waals surface area contributed by atoms with Crippen LogP contribution in [0, 0.1) is 0 Å². The molecule has 2 nitrogen and oxygen atoms in total. The van der Waals surface area contributed by atoms with Gasteiger partial charge in [0.15, 0.2) is 0 Å². The fourth-order valence-corrected chi connectivity index (χ4v) is 3.69. The lowest BCUT2D eigenvalue weighted by atomic mass is 9.93. The normalized spacial score (nSPS) is 11.0. The summed E-state index contributed by atoms with van der Waals surface area (Å²) in [6.07, 6.45) is 0. The molecule has 1 aromatic heterocycles. The van der Waals surface area contributed by atoms with Crippen molar-refractivity contribution < 1.29 is 4.42 Å². The highest BCUT2D eigenvalue weighted by Gasteiger charge is 2.20. The number of benzene rings is 3. The van der Waals surface area contributed by atoms with Gasteiger partial charge in [-0.1, -0.05) is 71.2 Å². The Morgan fingerprint density at radius 2 is 1.42 bits per heavy atom. The second kappa shape index (κ2) is 6.81. The van der Waals surface area contributed by atoms with Gasteiger partial charge in [0, 0.05) is 26.6 Å². The summed E-state index contributed by atoms with van der Waals surface area (Å²) < 4.78 is 5.54. The van der Waals surface area contributed by atoms with Gasteiger partial charge in [0.1, 0.15) is 5.58 Å². The van der Waals surface area contributed by atoms with Crippen LogP contribution in [0.15, 0.2) is 75.9 Å². The predicted molar refractivity (Wildman–Crippen MR) is 108 cm³/mol. The molecule has 3 aromatic carbocycles. The van der Waals surface area contributed by atoms with Gasteiger partial charge in [-0.3, -0.25) is 0 Å². The van der Waals surface area contributed by atoms with E-state index in [0.717, 1.165) is 16.5 Å². The van der Waals surface area contributed by atoms with Gasteiger partial charge in [0.2, 0.25) is 0 Å². The average Bonchev–Trinajstić information content (AvgIpc) is 2.62. The van der Waals surface area contributed by atoms with E-state index in [-0.39, 0.29) is 0 Å². The van der Waals surface area contributed by atoms with Crippen LogP contribution in [0.4, 0.5) is 0 Å². The van der Waals surface area contributed by atoms with Crippen molar-refractivity contribution in [3.05, 3.63) is 92.2 Å². The molecule has 0 amide bonds. The molecular weight excluding hydrogens is 391 g/mol. The zero-order chi connectivity index (χ0) is 18.3. The lowest BCUT2D eigenvalue weighted by molar-refractivity contribution is 0.564. The van der Waals surface area contributed by atoms with E-state index in [1.807, 2.05) is 30.3 Å². The lowest BCUT2D eigenvalue weighted by Crippen LogP contribution is -2.06. The molecule has 0 saturated carbocycles. The molecule has 0 aliphatic rings. The minimum Gasteiger partial charge on any atom is -0.422 e. The van der Waals surface area contributed by atoms with Crippen LogP contribution in [-0.4, -0.2) is 0 Å². The molecule has 0 bridgehead atoms. The standard InChI is InChI=1S/C21H11Cl3O2/c22-13-7-9-18-16(10-13)19(12-4-2-1-3-5-12)20(21(25)26-18)15-8-6-14(23)11-17(15)24/h1-11H. The Kier molecular flexibility index (Phi) is 4.49. The third kappa shape index (κ3) is 3.01. The van der Waals surface area contributed by atoms with Crippen LogP contribution >= 0.6 is 34.8 Å². The summed E-state index contributed by atoms with van der Waals surface area (Å²) in [6.45, 7) is 0. The second-order valence-electron chi connectivity index (χ2n) is 5.77. The molecular formula is C21H11Cl3O2. The van der Waals surface area contributed by atoms with Crippen LogP contribution in [0.3, 0.4) is 0 Å². The molecule has 4 rings (SSSR count). The molecule has 4 aromatic rings. The van der Waals surface area contributed by atoms with Crippen molar-refractivity contribution in [1.82, 2.24) is 0 Å². The maximum absolute atomic E-state index is 12.9. The molecule has 0 fully saturated rings. The number of rotatable bonds is 2. The smallest absolute Gasteiger partial charge is 0.344 e. The van der Waals surface area contributed by atoms with Crippen molar-refractivity contribution in [2.24, 2.45) is 0 Å². The Morgan fingerprint density at radius 3 is 2.15 bits per heavy atom. The summed E-state index contributed by atoms with van der Waals surface area (Å²) in [4.78, 5) is 12.9. The van der Waals surface area contributed by atoms with Crippen LogP contribution in [0.5, 0.6) is 0 Å². The zero-order valence-corrected chi connectivity index (χ0v) is 15.6. The van der Waals surface area contributed by atoms with Crippen molar-refractivity contribution >= 4 is 45.8 Å². The average molecular weight is 402 g/mol. The topological polar surface area (TPSA) is 30.2 Å². The minimum atomic E-state index is -0.470. The summed E-state index contributed by atoms with van der Waals surface area (Å²) >= 11 is 18.6. The maximum Gasteiger partial charge on any atom is 0.344 e. The van der Waals surface area contributed by atoms with Gasteiger partial charge in [-0.15, -0.1) is 0 Å². The Bertz CT molecular complexity index is 1180. The van der Waals surface area contributed by atoms with Crippen LogP contribution in [0.25, 0.3) is 33.2 Å². The second-order valence-corrected chi connectivity index (χ2v) is 7.05. The van der Waals surface area contributed by atoms with E-state index in [0.29, 0.717) is 31.8 Å². The highest BCUT2D eigenvalue weighted by Crippen LogP contribution is 2.39. The first-order valence-corrected chi connectivity index (χ1v) is 8.95. The third-order valence-corrected chi connectivity index (χ3v) is 4.91. The van der Waals surface area contributed by atoms with Gasteiger partial charge >= 0.3 is 5.63 Å². The molecule has 0 aliphatic carbocycles. The Labute approximate surface area is 164 Å². The summed E-state index contributed by atoms with van der Waals surface area (Å²) in [5.74, 6) is 0. The number of halogens is 3. The van der Waals surface area contributed by atoms with Gasteiger partial charge in [-0.25, -0.2) is 4.79 Å². The van der Waals surface area contributed by atoms with Gasteiger partial charge in [-0.2, -0.15) is 0 Å². The quantitative estimate of drug-likeness (QED) is 0.336. The van der Waals surface area contributed by atoms with Crippen molar-refractivity contribution in [2.45, 2.75) is 0 Å². The summed E-state index contributed by atoms with van der Waals surface area (Å²) in [7, 11) is 0. The lowest BCUT2D eigenvalue weighted by Gasteiger charge is -2.13. The van der Waals surface area contributed by atoms with E-state index < -0.39 is 5.63 Å². The predicted octanol–water partition coefficient (Wildman–Crippen LogP) is 7.09. The molecule has 0 spiro atoms. The summed E-state index contributed by atoms with van der Waals surface area (Å²) in [6, 6.07) is 19.8. The van der Waals surface area contributed by atoms with Gasteiger partial charge in [-0.05, 0) is 35.9 Å². The van der Waals surface area contributed by atoms with E-state index in [1.54, 1.807) is 36.4 Å². The molecule has 0 N–H and O–H groups in total. The molecule has 26 heavy (non-hydrogen) atoms. The van der Waals surface area contributed by atoms with Crippen LogP contribution in [0.2, 0.25) is 15.1 Å². The first kappa shape index (κ1) is 17.2. The number of fused-ring (bicyclic) bond motifs is 1. The fraction of sp³-hybridized carbons (Fsp3) is 0.